The molecule has 0 aliphatic heterocycles. The van der Waals surface area contributed by atoms with Gasteiger partial charge in [0.05, 0.1) is 0 Å². The fourth-order valence-electron chi connectivity index (χ4n) is 2.54. The van der Waals surface area contributed by atoms with Crippen LogP contribution in [0.1, 0.15) is 31.4 Å². The summed E-state index contributed by atoms with van der Waals surface area (Å²) < 4.78 is 0. The van der Waals surface area contributed by atoms with Crippen molar-refractivity contribution in [1.29, 1.82) is 0 Å². The molecule has 1 heterocycles. The maximum Gasteiger partial charge on any atom is 0.129 e. The van der Waals surface area contributed by atoms with Crippen LogP contribution in [0.15, 0.2) is 12.4 Å². The number of rotatable bonds is 5. The van der Waals surface area contributed by atoms with Gasteiger partial charge in [-0.25, -0.2) is 9.97 Å². The number of nitrogens with one attached hydrogen (secondary N) is 1. The number of hydrogen-bond donors (Lipinski definition) is 1. The summed E-state index contributed by atoms with van der Waals surface area (Å²) in [7, 11) is 0. The molecule has 2 aliphatic carbocycles. The second kappa shape index (κ2) is 4.04. The molecular formula is C13H19N3. The van der Waals surface area contributed by atoms with Gasteiger partial charge in [0.15, 0.2) is 0 Å². The summed E-state index contributed by atoms with van der Waals surface area (Å²) in [6, 6.07) is 2.02. The van der Waals surface area contributed by atoms with Crippen molar-refractivity contribution in [2.45, 2.75) is 32.6 Å². The van der Waals surface area contributed by atoms with Gasteiger partial charge in [-0.1, -0.05) is 0 Å². The van der Waals surface area contributed by atoms with Crippen molar-refractivity contribution in [3.63, 3.8) is 0 Å². The van der Waals surface area contributed by atoms with Crippen LogP contribution in [0.25, 0.3) is 0 Å². The quantitative estimate of drug-likeness (QED) is 0.824. The molecule has 2 aliphatic rings. The van der Waals surface area contributed by atoms with E-state index in [1.54, 1.807) is 6.33 Å². The minimum atomic E-state index is 0.898. The molecule has 0 radical (unpaired) electrons. The molecule has 0 unspecified atom stereocenters. The average Bonchev–Trinajstić information content (AvgIpc) is 3.13. The Hall–Kier alpha value is -1.12. The zero-order valence-electron chi connectivity index (χ0n) is 9.82. The van der Waals surface area contributed by atoms with Crippen LogP contribution >= 0.6 is 0 Å². The van der Waals surface area contributed by atoms with E-state index in [9.17, 15) is 0 Å². The maximum absolute atomic E-state index is 4.25. The van der Waals surface area contributed by atoms with E-state index in [1.165, 1.54) is 25.7 Å². The zero-order valence-corrected chi connectivity index (χ0v) is 9.82. The molecule has 86 valence electrons. The Labute approximate surface area is 96.7 Å². The van der Waals surface area contributed by atoms with Crippen LogP contribution in [0.2, 0.25) is 0 Å². The van der Waals surface area contributed by atoms with Gasteiger partial charge in [0.2, 0.25) is 0 Å². The first-order valence-electron chi connectivity index (χ1n) is 6.35. The molecule has 16 heavy (non-hydrogen) atoms. The second-order valence-electron chi connectivity index (χ2n) is 5.26. The number of anilines is 1. The Morgan fingerprint density at radius 1 is 1.25 bits per heavy atom. The molecule has 3 heteroatoms. The lowest BCUT2D eigenvalue weighted by atomic mass is 9.98. The van der Waals surface area contributed by atoms with Gasteiger partial charge in [0, 0.05) is 18.3 Å². The molecule has 1 aromatic rings. The Balaban J connectivity index is 1.58. The van der Waals surface area contributed by atoms with Crippen LogP contribution < -0.4 is 5.32 Å². The molecule has 0 aromatic carbocycles. The van der Waals surface area contributed by atoms with E-state index in [4.69, 9.17) is 0 Å². The molecule has 3 rings (SSSR count). The van der Waals surface area contributed by atoms with Crippen LogP contribution in [0, 0.1) is 24.7 Å². The molecule has 1 aromatic heterocycles. The van der Waals surface area contributed by atoms with Gasteiger partial charge in [-0.2, -0.15) is 0 Å². The summed E-state index contributed by atoms with van der Waals surface area (Å²) in [6.07, 6.45) is 7.44. The van der Waals surface area contributed by atoms with Crippen LogP contribution in [-0.2, 0) is 0 Å². The van der Waals surface area contributed by atoms with Gasteiger partial charge in [-0.15, -0.1) is 0 Å². The van der Waals surface area contributed by atoms with Gasteiger partial charge < -0.3 is 5.32 Å². The average molecular weight is 217 g/mol. The van der Waals surface area contributed by atoms with E-state index in [0.29, 0.717) is 0 Å². The van der Waals surface area contributed by atoms with E-state index in [2.05, 4.69) is 15.3 Å². The fourth-order valence-corrected chi connectivity index (χ4v) is 2.54. The highest BCUT2D eigenvalue weighted by atomic mass is 15.0. The van der Waals surface area contributed by atoms with Crippen molar-refractivity contribution in [2.75, 3.05) is 11.9 Å². The van der Waals surface area contributed by atoms with Crippen molar-refractivity contribution in [1.82, 2.24) is 9.97 Å². The van der Waals surface area contributed by atoms with E-state index < -0.39 is 0 Å². The number of aromatic nitrogens is 2. The smallest absolute Gasteiger partial charge is 0.129 e. The van der Waals surface area contributed by atoms with Crippen molar-refractivity contribution in [3.05, 3.63) is 18.1 Å². The lowest BCUT2D eigenvalue weighted by molar-refractivity contribution is 0.427. The molecule has 1 N–H and O–H groups in total. The van der Waals surface area contributed by atoms with Gasteiger partial charge in [0.1, 0.15) is 12.1 Å². The largest absolute Gasteiger partial charge is 0.370 e. The van der Waals surface area contributed by atoms with E-state index in [0.717, 1.165) is 35.8 Å². The molecule has 3 nitrogen and oxygen atoms in total. The van der Waals surface area contributed by atoms with Crippen molar-refractivity contribution in [3.8, 4) is 0 Å². The van der Waals surface area contributed by atoms with Gasteiger partial charge in [-0.3, -0.25) is 0 Å². The van der Waals surface area contributed by atoms with Gasteiger partial charge in [0.25, 0.3) is 0 Å². The standard InChI is InChI=1S/C13H19N3/c1-9-6-13(16-8-15-9)14-7-12(10-2-3-10)11-4-5-11/h6,8,10-12H,2-5,7H2,1H3,(H,14,15,16). The van der Waals surface area contributed by atoms with Crippen LogP contribution in [0.4, 0.5) is 5.82 Å². The first-order valence-corrected chi connectivity index (χ1v) is 6.35. The zero-order chi connectivity index (χ0) is 11.0. The summed E-state index contributed by atoms with van der Waals surface area (Å²) >= 11 is 0. The summed E-state index contributed by atoms with van der Waals surface area (Å²) in [4.78, 5) is 8.36. The van der Waals surface area contributed by atoms with Crippen molar-refractivity contribution < 1.29 is 0 Å². The Morgan fingerprint density at radius 2 is 1.94 bits per heavy atom. The van der Waals surface area contributed by atoms with E-state index >= 15 is 0 Å². The SMILES string of the molecule is Cc1cc(NCC(C2CC2)C2CC2)ncn1. The summed E-state index contributed by atoms with van der Waals surface area (Å²) in [5, 5.41) is 3.48. The van der Waals surface area contributed by atoms with Crippen LogP contribution in [0.3, 0.4) is 0 Å². The molecule has 0 spiro atoms. The molecule has 0 amide bonds. The first kappa shape index (κ1) is 10.1. The molecule has 0 atom stereocenters. The Bertz CT molecular complexity index is 357. The third kappa shape index (κ3) is 2.34. The van der Waals surface area contributed by atoms with E-state index in [1.807, 2.05) is 13.0 Å². The van der Waals surface area contributed by atoms with Gasteiger partial charge >= 0.3 is 0 Å². The predicted octanol–water partition coefficient (Wildman–Crippen LogP) is 2.63. The van der Waals surface area contributed by atoms with Crippen LogP contribution in [0.5, 0.6) is 0 Å². The van der Waals surface area contributed by atoms with Gasteiger partial charge in [-0.05, 0) is 50.4 Å². The highest BCUT2D eigenvalue weighted by molar-refractivity contribution is 5.34. The number of nitrogens with zero attached hydrogens (tertiary/aromatic N) is 2. The number of hydrogen-bond acceptors (Lipinski definition) is 3. The third-order valence-electron chi connectivity index (χ3n) is 3.78. The van der Waals surface area contributed by atoms with E-state index in [-0.39, 0.29) is 0 Å². The van der Waals surface area contributed by atoms with Crippen molar-refractivity contribution in [2.24, 2.45) is 17.8 Å². The molecular weight excluding hydrogens is 198 g/mol. The second-order valence-corrected chi connectivity index (χ2v) is 5.26. The topological polar surface area (TPSA) is 37.8 Å². The minimum Gasteiger partial charge on any atom is -0.370 e. The van der Waals surface area contributed by atoms with Crippen molar-refractivity contribution >= 4 is 5.82 Å². The highest BCUT2D eigenvalue weighted by Gasteiger charge is 2.40. The molecule has 0 bridgehead atoms. The lowest BCUT2D eigenvalue weighted by Gasteiger charge is -2.16. The predicted molar refractivity (Wildman–Crippen MR) is 64.2 cm³/mol. The number of aryl methyl sites for hydroxylation is 1. The summed E-state index contributed by atoms with van der Waals surface area (Å²) in [5.41, 5.74) is 1.03. The maximum atomic E-state index is 4.25. The monoisotopic (exact) mass is 217 g/mol. The minimum absolute atomic E-state index is 0.898. The lowest BCUT2D eigenvalue weighted by Crippen LogP contribution is -2.18. The summed E-state index contributed by atoms with van der Waals surface area (Å²) in [5.74, 6) is 3.89. The first-order chi connectivity index (χ1) is 7.83. The molecule has 0 saturated heterocycles. The molecule has 2 fully saturated rings. The Morgan fingerprint density at radius 3 is 2.50 bits per heavy atom. The summed E-state index contributed by atoms with van der Waals surface area (Å²) in [6.45, 7) is 3.11. The molecule has 2 saturated carbocycles. The Kier molecular flexibility index (Phi) is 2.54. The third-order valence-corrected chi connectivity index (χ3v) is 3.78. The fraction of sp³-hybridized carbons (Fsp3) is 0.692. The highest BCUT2D eigenvalue weighted by Crippen LogP contribution is 2.49. The van der Waals surface area contributed by atoms with Crippen LogP contribution in [-0.4, -0.2) is 16.5 Å². The normalized spacial score (nSPS) is 20.1.